The highest BCUT2D eigenvalue weighted by atomic mass is 35.5. The van der Waals surface area contributed by atoms with Gasteiger partial charge in [0.05, 0.1) is 0 Å². The largest absolute Gasteiger partial charge is 0.477 e. The molecule has 1 aromatic carbocycles. The number of nitrogens with zero attached hydrogens (tertiary/aromatic N) is 2. The molecule has 4 rings (SSSR count). The van der Waals surface area contributed by atoms with E-state index in [0.717, 1.165) is 19.4 Å². The minimum atomic E-state index is -1.01. The molecule has 2 atom stereocenters. The number of fused-ring (bicyclic) bond motifs is 2. The van der Waals surface area contributed by atoms with Gasteiger partial charge in [-0.1, -0.05) is 16.8 Å². The highest BCUT2D eigenvalue weighted by Gasteiger charge is 2.41. The summed E-state index contributed by atoms with van der Waals surface area (Å²) in [6, 6.07) is 7.31. The first kappa shape index (κ1) is 13.6. The van der Waals surface area contributed by atoms with Gasteiger partial charge < -0.3 is 14.5 Å². The van der Waals surface area contributed by atoms with Gasteiger partial charge >= 0.3 is 5.97 Å². The minimum Gasteiger partial charge on any atom is -0.477 e. The van der Waals surface area contributed by atoms with Gasteiger partial charge in [-0.15, -0.1) is 0 Å². The number of carboxylic acid groups (broad SMARTS) is 1. The summed E-state index contributed by atoms with van der Waals surface area (Å²) in [6.45, 7) is 0.873. The Hall–Kier alpha value is -2.01. The summed E-state index contributed by atoms with van der Waals surface area (Å²) in [5.74, 6) is 0.401. The Balaban J connectivity index is 1.77. The molecular formula is C16H15ClN2O3. The number of anilines is 1. The van der Waals surface area contributed by atoms with Crippen LogP contribution < -0.4 is 4.90 Å². The Kier molecular flexibility index (Phi) is 3.11. The van der Waals surface area contributed by atoms with Crippen LogP contribution in [0.4, 0.5) is 5.82 Å². The highest BCUT2D eigenvalue weighted by molar-refractivity contribution is 6.30. The van der Waals surface area contributed by atoms with Gasteiger partial charge in [-0.25, -0.2) is 4.79 Å². The number of carbonyl (C=O) groups is 1. The van der Waals surface area contributed by atoms with E-state index in [1.165, 1.54) is 6.42 Å². The first-order valence-corrected chi connectivity index (χ1v) is 7.77. The number of hydrogen-bond donors (Lipinski definition) is 1. The van der Waals surface area contributed by atoms with Crippen LogP contribution in [0.3, 0.4) is 0 Å². The molecule has 114 valence electrons. The lowest BCUT2D eigenvalue weighted by molar-refractivity contribution is 0.0697. The van der Waals surface area contributed by atoms with E-state index in [1.807, 2.05) is 0 Å². The zero-order chi connectivity index (χ0) is 15.3. The lowest BCUT2D eigenvalue weighted by Crippen LogP contribution is -2.33. The molecule has 0 radical (unpaired) electrons. The van der Waals surface area contributed by atoms with E-state index in [9.17, 15) is 9.90 Å². The van der Waals surface area contributed by atoms with Crippen molar-refractivity contribution in [1.82, 2.24) is 5.16 Å². The average Bonchev–Trinajstić information content (AvgIpc) is 3.22. The van der Waals surface area contributed by atoms with Crippen molar-refractivity contribution in [2.75, 3.05) is 11.4 Å². The quantitative estimate of drug-likeness (QED) is 0.935. The Morgan fingerprint density at radius 3 is 2.68 bits per heavy atom. The molecule has 0 amide bonds. The van der Waals surface area contributed by atoms with Gasteiger partial charge in [0.25, 0.3) is 0 Å². The molecule has 2 aromatic rings. The first-order chi connectivity index (χ1) is 10.6. The van der Waals surface area contributed by atoms with E-state index in [-0.39, 0.29) is 5.56 Å². The van der Waals surface area contributed by atoms with E-state index in [4.69, 9.17) is 16.1 Å². The predicted octanol–water partition coefficient (Wildman–Crippen LogP) is 3.68. The Bertz CT molecular complexity index is 725. The summed E-state index contributed by atoms with van der Waals surface area (Å²) in [6.07, 6.45) is 3.46. The number of rotatable bonds is 3. The molecule has 2 fully saturated rings. The van der Waals surface area contributed by atoms with Crippen molar-refractivity contribution < 1.29 is 14.4 Å². The third kappa shape index (κ3) is 2.08. The van der Waals surface area contributed by atoms with Crippen LogP contribution in [0.15, 0.2) is 28.8 Å². The fourth-order valence-corrected chi connectivity index (χ4v) is 3.78. The van der Waals surface area contributed by atoms with Crippen LogP contribution in [0.2, 0.25) is 5.02 Å². The van der Waals surface area contributed by atoms with E-state index in [2.05, 4.69) is 10.1 Å². The monoisotopic (exact) mass is 318 g/mol. The second-order valence-electron chi connectivity index (χ2n) is 6.01. The molecule has 22 heavy (non-hydrogen) atoms. The molecule has 1 saturated carbocycles. The average molecular weight is 319 g/mol. The maximum absolute atomic E-state index is 11.8. The lowest BCUT2D eigenvalue weighted by atomic mass is 10.1. The van der Waals surface area contributed by atoms with E-state index in [0.29, 0.717) is 34.1 Å². The minimum absolute atomic E-state index is 0.148. The molecule has 2 bridgehead atoms. The molecular weight excluding hydrogens is 304 g/mol. The summed E-state index contributed by atoms with van der Waals surface area (Å²) < 4.78 is 5.39. The van der Waals surface area contributed by atoms with Crippen LogP contribution >= 0.6 is 11.6 Å². The van der Waals surface area contributed by atoms with Crippen LogP contribution in [0.1, 0.15) is 29.6 Å². The van der Waals surface area contributed by atoms with Crippen LogP contribution in [-0.4, -0.2) is 28.8 Å². The number of halogens is 1. The van der Waals surface area contributed by atoms with Crippen molar-refractivity contribution in [3.05, 3.63) is 34.9 Å². The Morgan fingerprint density at radius 1 is 1.32 bits per heavy atom. The maximum atomic E-state index is 11.8. The third-order valence-electron chi connectivity index (χ3n) is 4.68. The van der Waals surface area contributed by atoms with E-state index < -0.39 is 5.97 Å². The first-order valence-electron chi connectivity index (χ1n) is 7.39. The highest BCUT2D eigenvalue weighted by Crippen LogP contribution is 2.42. The second-order valence-corrected chi connectivity index (χ2v) is 6.44. The van der Waals surface area contributed by atoms with Crippen molar-refractivity contribution in [3.8, 4) is 11.3 Å². The van der Waals surface area contributed by atoms with Crippen molar-refractivity contribution >= 4 is 23.4 Å². The normalized spacial score (nSPS) is 23.2. The van der Waals surface area contributed by atoms with Gasteiger partial charge in [-0.3, -0.25) is 0 Å². The molecule has 1 aliphatic heterocycles. The Labute approximate surface area is 132 Å². The number of aromatic nitrogens is 1. The van der Waals surface area contributed by atoms with Crippen LogP contribution in [0.25, 0.3) is 11.3 Å². The van der Waals surface area contributed by atoms with Gasteiger partial charge in [0.2, 0.25) is 0 Å². The predicted molar refractivity (Wildman–Crippen MR) is 82.4 cm³/mol. The molecule has 1 N–H and O–H groups in total. The van der Waals surface area contributed by atoms with Crippen molar-refractivity contribution in [3.63, 3.8) is 0 Å². The number of piperidine rings is 1. The van der Waals surface area contributed by atoms with Gasteiger partial charge in [0.15, 0.2) is 17.1 Å². The number of hydrogen-bond acceptors (Lipinski definition) is 4. The summed E-state index contributed by atoms with van der Waals surface area (Å²) in [5, 5.41) is 14.3. The van der Waals surface area contributed by atoms with Gasteiger partial charge in [-0.2, -0.15) is 0 Å². The number of aromatic carboxylic acids is 1. The van der Waals surface area contributed by atoms with E-state index in [1.54, 1.807) is 24.3 Å². The maximum Gasteiger partial charge on any atom is 0.343 e. The summed E-state index contributed by atoms with van der Waals surface area (Å²) in [4.78, 5) is 13.9. The summed E-state index contributed by atoms with van der Waals surface area (Å²) in [5.41, 5.74) is 0.819. The summed E-state index contributed by atoms with van der Waals surface area (Å²) >= 11 is 5.88. The Morgan fingerprint density at radius 2 is 2.09 bits per heavy atom. The smallest absolute Gasteiger partial charge is 0.343 e. The fourth-order valence-electron chi connectivity index (χ4n) is 3.65. The van der Waals surface area contributed by atoms with Gasteiger partial charge in [-0.05, 0) is 49.4 Å². The topological polar surface area (TPSA) is 66.6 Å². The third-order valence-corrected chi connectivity index (χ3v) is 4.93. The zero-order valence-corrected chi connectivity index (χ0v) is 12.6. The fraction of sp³-hybridized carbons (Fsp3) is 0.375. The SMILES string of the molecule is O=C(O)c1c(N2C[C@H]3CC[C@H]2C3)noc1-c1ccc(Cl)cc1. The molecule has 6 heteroatoms. The number of benzene rings is 1. The molecule has 1 aliphatic carbocycles. The lowest BCUT2D eigenvalue weighted by Gasteiger charge is -2.26. The molecule has 0 unspecified atom stereocenters. The van der Waals surface area contributed by atoms with Gasteiger partial charge in [0, 0.05) is 23.2 Å². The van der Waals surface area contributed by atoms with Gasteiger partial charge in [0.1, 0.15) is 0 Å². The van der Waals surface area contributed by atoms with Crippen molar-refractivity contribution in [1.29, 1.82) is 0 Å². The molecule has 2 heterocycles. The second kappa shape index (κ2) is 5.02. The summed E-state index contributed by atoms with van der Waals surface area (Å²) in [7, 11) is 0. The molecule has 2 aliphatic rings. The van der Waals surface area contributed by atoms with E-state index >= 15 is 0 Å². The standard InChI is InChI=1S/C16H15ClN2O3/c17-11-4-2-10(3-5-11)14-13(16(20)21)15(18-22-14)19-8-9-1-6-12(19)7-9/h2-5,9,12H,1,6-8H2,(H,20,21)/t9-,12-/m0/s1. The van der Waals surface area contributed by atoms with Crippen LogP contribution in [-0.2, 0) is 0 Å². The van der Waals surface area contributed by atoms with Crippen molar-refractivity contribution in [2.24, 2.45) is 5.92 Å². The van der Waals surface area contributed by atoms with Crippen LogP contribution in [0.5, 0.6) is 0 Å². The zero-order valence-electron chi connectivity index (χ0n) is 11.8. The molecule has 1 saturated heterocycles. The number of carboxylic acids is 1. The molecule has 0 spiro atoms. The molecule has 1 aromatic heterocycles. The van der Waals surface area contributed by atoms with Crippen LogP contribution in [0, 0.1) is 5.92 Å². The van der Waals surface area contributed by atoms with Crippen molar-refractivity contribution in [2.45, 2.75) is 25.3 Å². The molecule has 5 nitrogen and oxygen atoms in total.